The van der Waals surface area contributed by atoms with E-state index in [0.29, 0.717) is 16.7 Å². The Morgan fingerprint density at radius 1 is 1.39 bits per heavy atom. The molecule has 1 fully saturated rings. The van der Waals surface area contributed by atoms with Crippen molar-refractivity contribution < 1.29 is 9.47 Å². The van der Waals surface area contributed by atoms with E-state index in [-0.39, 0.29) is 29.4 Å². The number of nitrogens with zero attached hydrogens (tertiary/aromatic N) is 1. The number of methoxy groups -OCH3 is 2. The Labute approximate surface area is 160 Å². The van der Waals surface area contributed by atoms with Crippen LogP contribution in [0.3, 0.4) is 0 Å². The summed E-state index contributed by atoms with van der Waals surface area (Å²) < 4.78 is 10.3. The lowest BCUT2D eigenvalue weighted by Gasteiger charge is -2.40. The predicted molar refractivity (Wildman–Crippen MR) is 106 cm³/mol. The minimum atomic E-state index is 0. The van der Waals surface area contributed by atoms with Crippen LogP contribution in [0.25, 0.3) is 0 Å². The van der Waals surface area contributed by atoms with Crippen LogP contribution in [0.15, 0.2) is 23.2 Å². The Kier molecular flexibility index (Phi) is 8.42. The largest absolute Gasteiger partial charge is 0.495 e. The van der Waals surface area contributed by atoms with Crippen molar-refractivity contribution in [3.8, 4) is 5.75 Å². The zero-order valence-corrected chi connectivity index (χ0v) is 16.7. The molecule has 2 rings (SSSR count). The minimum absolute atomic E-state index is 0. The second-order valence-electron chi connectivity index (χ2n) is 5.77. The summed E-state index contributed by atoms with van der Waals surface area (Å²) in [5.41, 5.74) is 7.04. The van der Waals surface area contributed by atoms with Gasteiger partial charge < -0.3 is 20.5 Å². The number of nitrogens with two attached hydrogens (primary N) is 1. The molecular formula is C16H25ClIN3O2. The molecule has 130 valence electrons. The summed E-state index contributed by atoms with van der Waals surface area (Å²) >= 11 is 6.09. The molecule has 1 aromatic carbocycles. The lowest BCUT2D eigenvalue weighted by Crippen LogP contribution is -2.35. The van der Waals surface area contributed by atoms with Gasteiger partial charge in [-0.2, -0.15) is 0 Å². The zero-order chi connectivity index (χ0) is 16.0. The average molecular weight is 454 g/mol. The fourth-order valence-electron chi connectivity index (χ4n) is 2.67. The predicted octanol–water partition coefficient (Wildman–Crippen LogP) is 3.90. The van der Waals surface area contributed by atoms with Crippen molar-refractivity contribution in [2.45, 2.75) is 25.7 Å². The van der Waals surface area contributed by atoms with E-state index in [1.165, 1.54) is 19.3 Å². The van der Waals surface area contributed by atoms with Gasteiger partial charge in [-0.1, -0.05) is 18.0 Å². The van der Waals surface area contributed by atoms with Gasteiger partial charge in [-0.15, -0.1) is 24.0 Å². The maximum Gasteiger partial charge on any atom is 0.193 e. The van der Waals surface area contributed by atoms with Gasteiger partial charge in [-0.05, 0) is 42.9 Å². The summed E-state index contributed by atoms with van der Waals surface area (Å²) in [6.45, 7) is 1.51. The van der Waals surface area contributed by atoms with Gasteiger partial charge in [0.15, 0.2) is 5.96 Å². The number of hydrogen-bond donors (Lipinski definition) is 2. The van der Waals surface area contributed by atoms with Crippen molar-refractivity contribution >= 4 is 47.2 Å². The molecule has 0 aromatic heterocycles. The quantitative estimate of drug-likeness (QED) is 0.373. The summed E-state index contributed by atoms with van der Waals surface area (Å²) in [5, 5.41) is 3.61. The molecular weight excluding hydrogens is 429 g/mol. The van der Waals surface area contributed by atoms with Crippen LogP contribution in [0, 0.1) is 5.41 Å². The van der Waals surface area contributed by atoms with Crippen LogP contribution < -0.4 is 15.8 Å². The summed E-state index contributed by atoms with van der Waals surface area (Å²) in [6.07, 6.45) is 4.69. The van der Waals surface area contributed by atoms with E-state index in [4.69, 9.17) is 26.8 Å². The van der Waals surface area contributed by atoms with Gasteiger partial charge in [0.1, 0.15) is 5.75 Å². The van der Waals surface area contributed by atoms with E-state index in [9.17, 15) is 0 Å². The smallest absolute Gasteiger partial charge is 0.193 e. The highest BCUT2D eigenvalue weighted by molar-refractivity contribution is 14.0. The zero-order valence-electron chi connectivity index (χ0n) is 13.6. The normalized spacial score (nSPS) is 16.2. The highest BCUT2D eigenvalue weighted by Crippen LogP contribution is 2.44. The molecule has 1 aromatic rings. The fourth-order valence-corrected chi connectivity index (χ4v) is 2.92. The van der Waals surface area contributed by atoms with E-state index in [1.54, 1.807) is 26.4 Å². The SMILES string of the molecule is COCCC1(CN=C(N)Nc2ccc(OC)c(Cl)c2)CCC1.I. The molecule has 0 spiro atoms. The van der Waals surface area contributed by atoms with E-state index >= 15 is 0 Å². The highest BCUT2D eigenvalue weighted by atomic mass is 127. The summed E-state index contributed by atoms with van der Waals surface area (Å²) in [7, 11) is 3.32. The summed E-state index contributed by atoms with van der Waals surface area (Å²) in [4.78, 5) is 4.49. The van der Waals surface area contributed by atoms with E-state index in [1.807, 2.05) is 6.07 Å². The van der Waals surface area contributed by atoms with Gasteiger partial charge in [0.05, 0.1) is 12.1 Å². The lowest BCUT2D eigenvalue weighted by atomic mass is 9.67. The van der Waals surface area contributed by atoms with E-state index in [2.05, 4.69) is 10.3 Å². The van der Waals surface area contributed by atoms with Crippen LogP contribution >= 0.6 is 35.6 Å². The molecule has 0 unspecified atom stereocenters. The first kappa shape index (κ1) is 20.3. The maximum absolute atomic E-state index is 6.09. The summed E-state index contributed by atoms with van der Waals surface area (Å²) in [5.74, 6) is 1.04. The maximum atomic E-state index is 6.09. The molecule has 0 atom stereocenters. The number of guanidine groups is 1. The number of benzene rings is 1. The molecule has 1 aliphatic carbocycles. The van der Waals surface area contributed by atoms with Gasteiger partial charge in [-0.25, -0.2) is 0 Å². The monoisotopic (exact) mass is 453 g/mol. The molecule has 0 radical (unpaired) electrons. The van der Waals surface area contributed by atoms with Crippen molar-refractivity contribution in [3.63, 3.8) is 0 Å². The molecule has 1 aliphatic rings. The third kappa shape index (κ3) is 5.69. The fraction of sp³-hybridized carbons (Fsp3) is 0.562. The number of aliphatic imine (C=N–C) groups is 1. The topological polar surface area (TPSA) is 68.9 Å². The molecule has 1 saturated carbocycles. The van der Waals surface area contributed by atoms with Crippen LogP contribution in [0.5, 0.6) is 5.75 Å². The first-order chi connectivity index (χ1) is 10.6. The van der Waals surface area contributed by atoms with Crippen molar-refractivity contribution in [2.24, 2.45) is 16.1 Å². The Hall–Kier alpha value is -0.730. The van der Waals surface area contributed by atoms with Crippen LogP contribution in [-0.4, -0.2) is 33.3 Å². The van der Waals surface area contributed by atoms with Crippen LogP contribution in [0.4, 0.5) is 5.69 Å². The summed E-state index contributed by atoms with van der Waals surface area (Å²) in [6, 6.07) is 5.42. The standard InChI is InChI=1S/C16H24ClN3O2.HI/c1-21-9-8-16(6-3-7-16)11-19-15(18)20-12-4-5-14(22-2)13(17)10-12;/h4-5,10H,3,6-9,11H2,1-2H3,(H3,18,19,20);1H. The Morgan fingerprint density at radius 2 is 2.13 bits per heavy atom. The molecule has 5 nitrogen and oxygen atoms in total. The van der Waals surface area contributed by atoms with Gasteiger partial charge in [0.25, 0.3) is 0 Å². The molecule has 3 N–H and O–H groups in total. The number of ether oxygens (including phenoxy) is 2. The first-order valence-electron chi connectivity index (χ1n) is 7.48. The highest BCUT2D eigenvalue weighted by Gasteiger charge is 2.36. The number of rotatable bonds is 7. The van der Waals surface area contributed by atoms with Crippen LogP contribution in [0.2, 0.25) is 5.02 Å². The third-order valence-electron chi connectivity index (χ3n) is 4.26. The second kappa shape index (κ2) is 9.54. The molecule has 7 heteroatoms. The third-order valence-corrected chi connectivity index (χ3v) is 4.56. The minimum Gasteiger partial charge on any atom is -0.495 e. The van der Waals surface area contributed by atoms with Crippen LogP contribution in [0.1, 0.15) is 25.7 Å². The number of halogens is 2. The van der Waals surface area contributed by atoms with Crippen molar-refractivity contribution in [2.75, 3.05) is 32.7 Å². The molecule has 0 saturated heterocycles. The molecule has 0 bridgehead atoms. The van der Waals surface area contributed by atoms with Gasteiger partial charge in [0.2, 0.25) is 0 Å². The number of anilines is 1. The van der Waals surface area contributed by atoms with Crippen LogP contribution in [-0.2, 0) is 4.74 Å². The number of hydrogen-bond acceptors (Lipinski definition) is 3. The van der Waals surface area contributed by atoms with Gasteiger partial charge >= 0.3 is 0 Å². The van der Waals surface area contributed by atoms with E-state index < -0.39 is 0 Å². The van der Waals surface area contributed by atoms with Gasteiger partial charge in [-0.3, -0.25) is 4.99 Å². The van der Waals surface area contributed by atoms with Crippen molar-refractivity contribution in [1.29, 1.82) is 0 Å². The molecule has 0 heterocycles. The molecule has 0 amide bonds. The Balaban J connectivity index is 0.00000264. The lowest BCUT2D eigenvalue weighted by molar-refractivity contribution is 0.0780. The van der Waals surface area contributed by atoms with E-state index in [0.717, 1.165) is 25.3 Å². The van der Waals surface area contributed by atoms with Crippen molar-refractivity contribution in [1.82, 2.24) is 0 Å². The van der Waals surface area contributed by atoms with Gasteiger partial charge in [0, 0.05) is 25.9 Å². The Morgan fingerprint density at radius 3 is 2.65 bits per heavy atom. The second-order valence-corrected chi connectivity index (χ2v) is 6.18. The average Bonchev–Trinajstić information content (AvgIpc) is 2.46. The Bertz CT molecular complexity index is 536. The molecule has 23 heavy (non-hydrogen) atoms. The first-order valence-corrected chi connectivity index (χ1v) is 7.86. The molecule has 0 aliphatic heterocycles. The van der Waals surface area contributed by atoms with Crippen molar-refractivity contribution in [3.05, 3.63) is 23.2 Å². The number of nitrogens with one attached hydrogen (secondary N) is 1.